The largest absolute Gasteiger partial charge is 0.395 e. The lowest BCUT2D eigenvalue weighted by atomic mass is 10.1. The number of benzene rings is 1. The summed E-state index contributed by atoms with van der Waals surface area (Å²) in [4.78, 5) is 26.9. The summed E-state index contributed by atoms with van der Waals surface area (Å²) < 4.78 is 0.921. The minimum atomic E-state index is -0.172. The molecule has 0 bridgehead atoms. The second kappa shape index (κ2) is 5.71. The Labute approximate surface area is 119 Å². The molecule has 0 fully saturated rings. The van der Waals surface area contributed by atoms with E-state index >= 15 is 0 Å². The fourth-order valence-corrected chi connectivity index (χ4v) is 2.44. The number of nitrogens with zero attached hydrogens (tertiary/aromatic N) is 2. The van der Waals surface area contributed by atoms with E-state index in [1.165, 1.54) is 9.80 Å². The average Bonchev–Trinajstić information content (AvgIpc) is 2.66. The maximum atomic E-state index is 12.1. The Kier molecular flexibility index (Phi) is 4.21. The number of aliphatic hydroxyl groups excluding tert-OH is 1. The summed E-state index contributed by atoms with van der Waals surface area (Å²) in [5.41, 5.74) is 1.58. The van der Waals surface area contributed by atoms with E-state index in [0.29, 0.717) is 12.1 Å². The molecule has 0 spiro atoms. The summed E-state index contributed by atoms with van der Waals surface area (Å²) in [6, 6.07) is 5.48. The summed E-state index contributed by atoms with van der Waals surface area (Å²) in [5.74, 6) is -0.289. The molecule has 1 N–H and O–H groups in total. The second-order valence-corrected chi connectivity index (χ2v) is 5.42. The zero-order valence-electron chi connectivity index (χ0n) is 10.6. The Morgan fingerprint density at radius 1 is 1.53 bits per heavy atom. The lowest BCUT2D eigenvalue weighted by molar-refractivity contribution is -0.131. The molecule has 0 radical (unpaired) electrons. The number of amides is 2. The van der Waals surface area contributed by atoms with Gasteiger partial charge in [0.05, 0.1) is 6.61 Å². The molecule has 0 saturated heterocycles. The molecule has 0 unspecified atom stereocenters. The summed E-state index contributed by atoms with van der Waals surface area (Å²) in [6.45, 7) is 0.691. The van der Waals surface area contributed by atoms with Crippen molar-refractivity contribution in [2.24, 2.45) is 0 Å². The third kappa shape index (κ3) is 2.96. The van der Waals surface area contributed by atoms with Crippen molar-refractivity contribution in [1.29, 1.82) is 0 Å². The van der Waals surface area contributed by atoms with Crippen molar-refractivity contribution >= 4 is 27.7 Å². The topological polar surface area (TPSA) is 60.9 Å². The van der Waals surface area contributed by atoms with Gasteiger partial charge in [-0.15, -0.1) is 0 Å². The zero-order valence-corrected chi connectivity index (χ0v) is 12.2. The first-order chi connectivity index (χ1) is 9.02. The molecular weight excluding hydrogens is 312 g/mol. The van der Waals surface area contributed by atoms with Crippen LogP contribution < -0.4 is 0 Å². The Hall–Kier alpha value is -1.40. The monoisotopic (exact) mass is 326 g/mol. The molecular formula is C13H15BrN2O3. The molecule has 0 aliphatic carbocycles. The number of carbonyl (C=O) groups is 2. The quantitative estimate of drug-likeness (QED) is 0.892. The zero-order chi connectivity index (χ0) is 14.0. The normalized spacial score (nSPS) is 13.6. The van der Waals surface area contributed by atoms with Crippen molar-refractivity contribution in [1.82, 2.24) is 9.80 Å². The van der Waals surface area contributed by atoms with E-state index < -0.39 is 0 Å². The predicted octanol–water partition coefficient (Wildman–Crippen LogP) is 0.856. The number of aliphatic hydroxyl groups is 1. The minimum absolute atomic E-state index is 0.0433. The number of carbonyl (C=O) groups excluding carboxylic acids is 2. The van der Waals surface area contributed by atoms with Crippen molar-refractivity contribution in [2.75, 3.05) is 26.7 Å². The van der Waals surface area contributed by atoms with Crippen LogP contribution in [0.3, 0.4) is 0 Å². The molecule has 2 rings (SSSR count). The van der Waals surface area contributed by atoms with Gasteiger partial charge < -0.3 is 14.9 Å². The SMILES string of the molecule is CN(CCO)C(=O)CN1Cc2cc(Br)ccc2C1=O. The lowest BCUT2D eigenvalue weighted by Gasteiger charge is -2.20. The number of likely N-dealkylation sites (N-methyl/N-ethyl adjacent to an activating group) is 1. The molecule has 1 heterocycles. The minimum Gasteiger partial charge on any atom is -0.395 e. The number of hydrogen-bond donors (Lipinski definition) is 1. The molecule has 0 aromatic heterocycles. The molecule has 1 aromatic rings. The van der Waals surface area contributed by atoms with Crippen molar-refractivity contribution in [2.45, 2.75) is 6.54 Å². The second-order valence-electron chi connectivity index (χ2n) is 4.50. The van der Waals surface area contributed by atoms with Gasteiger partial charge in [-0.25, -0.2) is 0 Å². The van der Waals surface area contributed by atoms with Crippen LogP contribution >= 0.6 is 15.9 Å². The van der Waals surface area contributed by atoms with Crippen LogP contribution in [0, 0.1) is 0 Å². The van der Waals surface area contributed by atoms with Crippen LogP contribution in [0.15, 0.2) is 22.7 Å². The molecule has 2 amide bonds. The van der Waals surface area contributed by atoms with Crippen LogP contribution in [0.4, 0.5) is 0 Å². The van der Waals surface area contributed by atoms with E-state index in [1.807, 2.05) is 12.1 Å². The Balaban J connectivity index is 2.06. The summed E-state index contributed by atoms with van der Waals surface area (Å²) >= 11 is 3.37. The van der Waals surface area contributed by atoms with Crippen molar-refractivity contribution in [3.63, 3.8) is 0 Å². The first kappa shape index (κ1) is 14.0. The van der Waals surface area contributed by atoms with E-state index in [1.54, 1.807) is 13.1 Å². The summed E-state index contributed by atoms with van der Waals surface area (Å²) in [7, 11) is 1.61. The van der Waals surface area contributed by atoms with E-state index in [-0.39, 0.29) is 31.5 Å². The van der Waals surface area contributed by atoms with Gasteiger partial charge in [0.15, 0.2) is 0 Å². The van der Waals surface area contributed by atoms with Gasteiger partial charge in [0.2, 0.25) is 5.91 Å². The standard InChI is InChI=1S/C13H15BrN2O3/c1-15(4-5-17)12(18)8-16-7-9-6-10(14)2-3-11(9)13(16)19/h2-3,6,17H,4-5,7-8H2,1H3. The Morgan fingerprint density at radius 3 is 2.95 bits per heavy atom. The van der Waals surface area contributed by atoms with E-state index in [2.05, 4.69) is 15.9 Å². The van der Waals surface area contributed by atoms with Crippen molar-refractivity contribution in [3.05, 3.63) is 33.8 Å². The molecule has 6 heteroatoms. The van der Waals surface area contributed by atoms with Gasteiger partial charge in [-0.3, -0.25) is 9.59 Å². The number of hydrogen-bond acceptors (Lipinski definition) is 3. The number of halogens is 1. The van der Waals surface area contributed by atoms with E-state index in [0.717, 1.165) is 10.0 Å². The smallest absolute Gasteiger partial charge is 0.254 e. The predicted molar refractivity (Wildman–Crippen MR) is 73.6 cm³/mol. The van der Waals surface area contributed by atoms with E-state index in [9.17, 15) is 9.59 Å². The van der Waals surface area contributed by atoms with Crippen LogP contribution in [0.25, 0.3) is 0 Å². The van der Waals surface area contributed by atoms with E-state index in [4.69, 9.17) is 5.11 Å². The van der Waals surface area contributed by atoms with Crippen LogP contribution in [0.2, 0.25) is 0 Å². The van der Waals surface area contributed by atoms with Gasteiger partial charge in [-0.2, -0.15) is 0 Å². The molecule has 19 heavy (non-hydrogen) atoms. The molecule has 102 valence electrons. The number of rotatable bonds is 4. The van der Waals surface area contributed by atoms with Gasteiger partial charge >= 0.3 is 0 Å². The van der Waals surface area contributed by atoms with Crippen LogP contribution in [0.1, 0.15) is 15.9 Å². The van der Waals surface area contributed by atoms with Gasteiger partial charge in [0.25, 0.3) is 5.91 Å². The highest BCUT2D eigenvalue weighted by Crippen LogP contribution is 2.25. The third-order valence-electron chi connectivity index (χ3n) is 3.13. The van der Waals surface area contributed by atoms with Gasteiger partial charge in [0, 0.05) is 30.2 Å². The maximum absolute atomic E-state index is 12.1. The Bertz CT molecular complexity index is 519. The molecule has 1 aliphatic rings. The highest BCUT2D eigenvalue weighted by Gasteiger charge is 2.29. The third-order valence-corrected chi connectivity index (χ3v) is 3.63. The van der Waals surface area contributed by atoms with Crippen LogP contribution in [0.5, 0.6) is 0 Å². The Morgan fingerprint density at radius 2 is 2.26 bits per heavy atom. The molecule has 1 aliphatic heterocycles. The van der Waals surface area contributed by atoms with Crippen molar-refractivity contribution < 1.29 is 14.7 Å². The highest BCUT2D eigenvalue weighted by molar-refractivity contribution is 9.10. The van der Waals surface area contributed by atoms with Gasteiger partial charge in [0.1, 0.15) is 6.54 Å². The molecule has 5 nitrogen and oxygen atoms in total. The maximum Gasteiger partial charge on any atom is 0.254 e. The summed E-state index contributed by atoms with van der Waals surface area (Å²) in [5, 5.41) is 8.79. The first-order valence-electron chi connectivity index (χ1n) is 5.95. The van der Waals surface area contributed by atoms with Crippen molar-refractivity contribution in [3.8, 4) is 0 Å². The summed E-state index contributed by atoms with van der Waals surface area (Å²) in [6.07, 6.45) is 0. The van der Waals surface area contributed by atoms with Crippen LogP contribution in [-0.4, -0.2) is 53.5 Å². The number of fused-ring (bicyclic) bond motifs is 1. The van der Waals surface area contributed by atoms with Crippen LogP contribution in [-0.2, 0) is 11.3 Å². The highest BCUT2D eigenvalue weighted by atomic mass is 79.9. The van der Waals surface area contributed by atoms with Gasteiger partial charge in [-0.05, 0) is 23.8 Å². The molecule has 0 atom stereocenters. The average molecular weight is 327 g/mol. The fourth-order valence-electron chi connectivity index (χ4n) is 2.04. The first-order valence-corrected chi connectivity index (χ1v) is 6.74. The lowest BCUT2D eigenvalue weighted by Crippen LogP contribution is -2.39. The molecule has 1 aromatic carbocycles. The molecule has 0 saturated carbocycles. The fraction of sp³-hybridized carbons (Fsp3) is 0.385. The van der Waals surface area contributed by atoms with Gasteiger partial charge in [-0.1, -0.05) is 15.9 Å².